The van der Waals surface area contributed by atoms with Crippen molar-refractivity contribution in [3.63, 3.8) is 0 Å². The third kappa shape index (κ3) is 2.90. The van der Waals surface area contributed by atoms with Crippen molar-refractivity contribution in [1.82, 2.24) is 5.43 Å². The van der Waals surface area contributed by atoms with Crippen LogP contribution < -0.4 is 11.3 Å². The van der Waals surface area contributed by atoms with Crippen molar-refractivity contribution in [2.75, 3.05) is 6.26 Å². The van der Waals surface area contributed by atoms with Crippen LogP contribution in [0.1, 0.15) is 22.0 Å². The molecule has 17 heavy (non-hydrogen) atoms. The lowest BCUT2D eigenvalue weighted by Crippen LogP contribution is -2.28. The number of nitrogens with two attached hydrogens (primary N) is 1. The highest BCUT2D eigenvalue weighted by Gasteiger charge is 2.13. The van der Waals surface area contributed by atoms with E-state index in [1.807, 2.05) is 0 Å². The first kappa shape index (κ1) is 12.6. The third-order valence-corrected chi connectivity index (χ3v) is 4.32. The Bertz CT molecular complexity index is 476. The Kier molecular flexibility index (Phi) is 4.23. The Morgan fingerprint density at radius 2 is 1.94 bits per heavy atom. The second-order valence-corrected chi connectivity index (χ2v) is 5.86. The van der Waals surface area contributed by atoms with E-state index >= 15 is 0 Å². The molecule has 1 heterocycles. The molecule has 90 valence electrons. The summed E-state index contributed by atoms with van der Waals surface area (Å²) in [6.07, 6.45) is 2.08. The van der Waals surface area contributed by atoms with Gasteiger partial charge in [-0.1, -0.05) is 12.1 Å². The minimum Gasteiger partial charge on any atom is -0.271 e. The molecule has 0 spiro atoms. The SMILES string of the molecule is CSc1ccc(C(NN)c2csc(C)c2)cc1. The topological polar surface area (TPSA) is 38.0 Å². The smallest absolute Gasteiger partial charge is 0.0718 e. The average molecular weight is 264 g/mol. The van der Waals surface area contributed by atoms with Crippen LogP contribution in [0.2, 0.25) is 0 Å². The first-order valence-electron chi connectivity index (χ1n) is 5.39. The molecule has 2 nitrogen and oxygen atoms in total. The van der Waals surface area contributed by atoms with Gasteiger partial charge in [0.25, 0.3) is 0 Å². The van der Waals surface area contributed by atoms with Crippen LogP contribution in [0.3, 0.4) is 0 Å². The lowest BCUT2D eigenvalue weighted by Gasteiger charge is -2.15. The zero-order valence-electron chi connectivity index (χ0n) is 9.94. The quantitative estimate of drug-likeness (QED) is 0.505. The normalized spacial score (nSPS) is 12.6. The number of hydrogen-bond donors (Lipinski definition) is 2. The standard InChI is InChI=1S/C13H16N2S2/c1-9-7-11(8-17-9)13(15-14)10-3-5-12(16-2)6-4-10/h3-8,13,15H,14H2,1-2H3. The molecule has 0 radical (unpaired) electrons. The third-order valence-electron chi connectivity index (χ3n) is 2.70. The number of nitrogens with one attached hydrogen (secondary N) is 1. The summed E-state index contributed by atoms with van der Waals surface area (Å²) in [5.41, 5.74) is 5.31. The molecule has 1 aromatic carbocycles. The zero-order valence-corrected chi connectivity index (χ0v) is 11.6. The Balaban J connectivity index is 2.28. The molecule has 3 N–H and O–H groups in total. The second kappa shape index (κ2) is 5.69. The molecule has 2 aromatic rings. The van der Waals surface area contributed by atoms with E-state index in [-0.39, 0.29) is 6.04 Å². The highest BCUT2D eigenvalue weighted by atomic mass is 32.2. The van der Waals surface area contributed by atoms with E-state index in [0.717, 1.165) is 0 Å². The van der Waals surface area contributed by atoms with E-state index in [2.05, 4.69) is 54.3 Å². The molecule has 1 aromatic heterocycles. The molecule has 0 bridgehead atoms. The summed E-state index contributed by atoms with van der Waals surface area (Å²) >= 11 is 3.50. The van der Waals surface area contributed by atoms with Crippen molar-refractivity contribution < 1.29 is 0 Å². The number of thiophene rings is 1. The fourth-order valence-electron chi connectivity index (χ4n) is 1.80. The van der Waals surface area contributed by atoms with E-state index in [9.17, 15) is 0 Å². The summed E-state index contributed by atoms with van der Waals surface area (Å²) in [6, 6.07) is 10.8. The van der Waals surface area contributed by atoms with Crippen LogP contribution >= 0.6 is 23.1 Å². The molecular weight excluding hydrogens is 248 g/mol. The Morgan fingerprint density at radius 1 is 1.24 bits per heavy atom. The van der Waals surface area contributed by atoms with Crippen LogP contribution in [0.25, 0.3) is 0 Å². The molecule has 2 rings (SSSR count). The zero-order chi connectivity index (χ0) is 12.3. The predicted octanol–water partition coefficient (Wildman–Crippen LogP) is 3.33. The van der Waals surface area contributed by atoms with E-state index in [1.165, 1.54) is 20.9 Å². The minimum atomic E-state index is 0.0795. The number of benzene rings is 1. The fourth-order valence-corrected chi connectivity index (χ4v) is 2.93. The van der Waals surface area contributed by atoms with Gasteiger partial charge in [-0.25, -0.2) is 5.43 Å². The van der Waals surface area contributed by atoms with Crippen molar-refractivity contribution in [3.05, 3.63) is 51.7 Å². The van der Waals surface area contributed by atoms with Gasteiger partial charge >= 0.3 is 0 Å². The van der Waals surface area contributed by atoms with E-state index in [4.69, 9.17) is 5.84 Å². The van der Waals surface area contributed by atoms with Gasteiger partial charge in [0.15, 0.2) is 0 Å². The maximum absolute atomic E-state index is 5.67. The summed E-state index contributed by atoms with van der Waals surface area (Å²) in [7, 11) is 0. The highest BCUT2D eigenvalue weighted by Crippen LogP contribution is 2.27. The highest BCUT2D eigenvalue weighted by molar-refractivity contribution is 7.98. The van der Waals surface area contributed by atoms with Crippen molar-refractivity contribution in [1.29, 1.82) is 0 Å². The van der Waals surface area contributed by atoms with Crippen LogP contribution in [-0.2, 0) is 0 Å². The number of hydrogen-bond acceptors (Lipinski definition) is 4. The van der Waals surface area contributed by atoms with Crippen LogP contribution in [0.5, 0.6) is 0 Å². The molecule has 0 saturated carbocycles. The van der Waals surface area contributed by atoms with Crippen molar-refractivity contribution in [2.45, 2.75) is 17.9 Å². The summed E-state index contributed by atoms with van der Waals surface area (Å²) in [4.78, 5) is 2.58. The van der Waals surface area contributed by atoms with Gasteiger partial charge in [0.1, 0.15) is 0 Å². The number of rotatable bonds is 4. The summed E-state index contributed by atoms with van der Waals surface area (Å²) in [5, 5.41) is 2.16. The Morgan fingerprint density at radius 3 is 2.41 bits per heavy atom. The van der Waals surface area contributed by atoms with Gasteiger partial charge in [-0.2, -0.15) is 0 Å². The number of thioether (sulfide) groups is 1. The lowest BCUT2D eigenvalue weighted by atomic mass is 10.0. The maximum Gasteiger partial charge on any atom is 0.0718 e. The van der Waals surface area contributed by atoms with Crippen LogP contribution in [-0.4, -0.2) is 6.26 Å². The molecule has 1 atom stereocenters. The molecule has 0 fully saturated rings. The lowest BCUT2D eigenvalue weighted by molar-refractivity contribution is 0.638. The van der Waals surface area contributed by atoms with E-state index < -0.39 is 0 Å². The fraction of sp³-hybridized carbons (Fsp3) is 0.231. The Labute approximate surface area is 110 Å². The van der Waals surface area contributed by atoms with Gasteiger partial charge < -0.3 is 0 Å². The van der Waals surface area contributed by atoms with E-state index in [0.29, 0.717) is 0 Å². The first-order chi connectivity index (χ1) is 8.24. The molecule has 0 aliphatic rings. The first-order valence-corrected chi connectivity index (χ1v) is 7.50. The molecule has 0 aliphatic carbocycles. The number of aryl methyl sites for hydroxylation is 1. The van der Waals surface area contributed by atoms with Crippen LogP contribution in [0, 0.1) is 6.92 Å². The van der Waals surface area contributed by atoms with Crippen LogP contribution in [0.4, 0.5) is 0 Å². The van der Waals surface area contributed by atoms with Gasteiger partial charge in [0.05, 0.1) is 6.04 Å². The van der Waals surface area contributed by atoms with Gasteiger partial charge in [0.2, 0.25) is 0 Å². The largest absolute Gasteiger partial charge is 0.271 e. The van der Waals surface area contributed by atoms with Crippen molar-refractivity contribution >= 4 is 23.1 Å². The average Bonchev–Trinajstić information content (AvgIpc) is 2.78. The van der Waals surface area contributed by atoms with Gasteiger partial charge in [-0.05, 0) is 47.9 Å². The molecule has 4 heteroatoms. The second-order valence-electron chi connectivity index (χ2n) is 3.86. The molecular formula is C13H16N2S2. The molecule has 0 amide bonds. The van der Waals surface area contributed by atoms with Crippen molar-refractivity contribution in [2.24, 2.45) is 5.84 Å². The van der Waals surface area contributed by atoms with Gasteiger partial charge in [0, 0.05) is 9.77 Å². The van der Waals surface area contributed by atoms with Crippen molar-refractivity contribution in [3.8, 4) is 0 Å². The maximum atomic E-state index is 5.67. The Hall–Kier alpha value is -0.810. The predicted molar refractivity (Wildman–Crippen MR) is 76.4 cm³/mol. The molecule has 0 saturated heterocycles. The molecule has 1 unspecified atom stereocenters. The minimum absolute atomic E-state index is 0.0795. The summed E-state index contributed by atoms with van der Waals surface area (Å²) < 4.78 is 0. The van der Waals surface area contributed by atoms with E-state index in [1.54, 1.807) is 23.1 Å². The van der Waals surface area contributed by atoms with Crippen LogP contribution in [0.15, 0.2) is 40.6 Å². The molecule has 0 aliphatic heterocycles. The summed E-state index contributed by atoms with van der Waals surface area (Å²) in [5.74, 6) is 5.67. The summed E-state index contributed by atoms with van der Waals surface area (Å²) in [6.45, 7) is 2.11. The number of hydrazine groups is 1. The van der Waals surface area contributed by atoms with Gasteiger partial charge in [-0.15, -0.1) is 23.1 Å². The monoisotopic (exact) mass is 264 g/mol. The van der Waals surface area contributed by atoms with Gasteiger partial charge in [-0.3, -0.25) is 5.84 Å².